The number of amides is 1. The van der Waals surface area contributed by atoms with Crippen LogP contribution in [-0.2, 0) is 14.6 Å². The fraction of sp³-hybridized carbons (Fsp3) is 0.316. The molecule has 1 heterocycles. The highest BCUT2D eigenvalue weighted by atomic mass is 32.2. The molecule has 0 aliphatic carbocycles. The summed E-state index contributed by atoms with van der Waals surface area (Å²) >= 11 is 5.04. The number of thiocarbonyl (C=S) groups is 1. The Morgan fingerprint density at radius 1 is 1.21 bits per heavy atom. The van der Waals surface area contributed by atoms with E-state index in [1.165, 1.54) is 25.3 Å². The number of nitrogen functional groups attached to an aromatic ring is 1. The first kappa shape index (κ1) is 22.6. The largest absolute Gasteiger partial charge is 0.382 e. The number of benzene rings is 1. The predicted molar refractivity (Wildman–Crippen MR) is 114 cm³/mol. The van der Waals surface area contributed by atoms with Gasteiger partial charge in [-0.1, -0.05) is 24.4 Å². The second kappa shape index (κ2) is 9.19. The van der Waals surface area contributed by atoms with Crippen molar-refractivity contribution in [3.05, 3.63) is 36.2 Å². The first-order valence-electron chi connectivity index (χ1n) is 8.78. The number of hydrogen-bond donors (Lipinski definition) is 2. The molecule has 0 fully saturated rings. The van der Waals surface area contributed by atoms with Crippen LogP contribution in [0.2, 0.25) is 0 Å². The van der Waals surface area contributed by atoms with E-state index in [1.54, 1.807) is 26.0 Å². The predicted octanol–water partition coefficient (Wildman–Crippen LogP) is 1.99. The van der Waals surface area contributed by atoms with Crippen LogP contribution < -0.4 is 11.1 Å². The van der Waals surface area contributed by atoms with Gasteiger partial charge in [-0.25, -0.2) is 18.4 Å². The van der Waals surface area contributed by atoms with Gasteiger partial charge in [0.05, 0.1) is 22.0 Å². The number of anilines is 1. The first-order chi connectivity index (χ1) is 13.5. The standard InChI is InChI=1S/C19H22N4O4S2/c1-11(2)29(26,27)15-6-4-13(5-7-15)16-10-21-18(20)17(23-16)19(25)22-9-14(28)8-12(3)24/h4-7,10-11H,8-9H2,1-3H3,(H2,20,21)(H,22,25). The molecule has 0 saturated heterocycles. The van der Waals surface area contributed by atoms with Crippen LogP contribution in [0.1, 0.15) is 37.7 Å². The average Bonchev–Trinajstić information content (AvgIpc) is 2.66. The average molecular weight is 435 g/mol. The molecule has 2 aromatic rings. The topological polar surface area (TPSA) is 132 Å². The fourth-order valence-corrected chi connectivity index (χ4v) is 3.73. The molecule has 0 saturated carbocycles. The molecular formula is C19H22N4O4S2. The molecule has 10 heteroatoms. The zero-order valence-electron chi connectivity index (χ0n) is 16.3. The quantitative estimate of drug-likeness (QED) is 0.603. The van der Waals surface area contributed by atoms with Crippen LogP contribution in [0.3, 0.4) is 0 Å². The summed E-state index contributed by atoms with van der Waals surface area (Å²) in [6, 6.07) is 6.17. The molecule has 8 nitrogen and oxygen atoms in total. The number of hydrogen-bond acceptors (Lipinski definition) is 8. The molecule has 154 valence electrons. The molecular weight excluding hydrogens is 412 g/mol. The van der Waals surface area contributed by atoms with E-state index < -0.39 is 21.0 Å². The Balaban J connectivity index is 2.23. The van der Waals surface area contributed by atoms with Crippen molar-refractivity contribution in [3.8, 4) is 11.3 Å². The van der Waals surface area contributed by atoms with Crippen molar-refractivity contribution in [2.24, 2.45) is 0 Å². The van der Waals surface area contributed by atoms with Crippen molar-refractivity contribution in [2.75, 3.05) is 12.3 Å². The molecule has 3 N–H and O–H groups in total. The summed E-state index contributed by atoms with van der Waals surface area (Å²) in [6.45, 7) is 4.68. The van der Waals surface area contributed by atoms with E-state index in [1.807, 2.05) is 0 Å². The number of sulfone groups is 1. The van der Waals surface area contributed by atoms with Gasteiger partial charge in [0.25, 0.3) is 5.91 Å². The minimum atomic E-state index is -3.38. The van der Waals surface area contributed by atoms with Crippen LogP contribution in [0.25, 0.3) is 11.3 Å². The Kier molecular flexibility index (Phi) is 7.15. The molecule has 0 atom stereocenters. The van der Waals surface area contributed by atoms with Gasteiger partial charge in [0.1, 0.15) is 5.78 Å². The van der Waals surface area contributed by atoms with E-state index in [0.29, 0.717) is 16.1 Å². The highest BCUT2D eigenvalue weighted by Crippen LogP contribution is 2.22. The van der Waals surface area contributed by atoms with Gasteiger partial charge in [-0.05, 0) is 32.9 Å². The summed E-state index contributed by atoms with van der Waals surface area (Å²) in [5.41, 5.74) is 6.64. The Hall–Kier alpha value is -2.72. The van der Waals surface area contributed by atoms with E-state index in [2.05, 4.69) is 15.3 Å². The number of nitrogens with one attached hydrogen (secondary N) is 1. The Labute approximate surface area is 174 Å². The molecule has 0 unspecified atom stereocenters. The van der Waals surface area contributed by atoms with Crippen molar-refractivity contribution >= 4 is 44.4 Å². The molecule has 0 aliphatic heterocycles. The summed E-state index contributed by atoms with van der Waals surface area (Å²) < 4.78 is 24.5. The van der Waals surface area contributed by atoms with E-state index in [-0.39, 0.29) is 35.2 Å². The second-order valence-electron chi connectivity index (χ2n) is 6.71. The van der Waals surface area contributed by atoms with Crippen LogP contribution in [0.4, 0.5) is 5.82 Å². The maximum atomic E-state index is 12.4. The Bertz CT molecular complexity index is 1050. The van der Waals surface area contributed by atoms with Crippen LogP contribution >= 0.6 is 12.2 Å². The molecule has 1 amide bonds. The summed E-state index contributed by atoms with van der Waals surface area (Å²) in [5.74, 6) is -0.710. The van der Waals surface area contributed by atoms with Crippen LogP contribution in [0.15, 0.2) is 35.4 Å². The van der Waals surface area contributed by atoms with E-state index in [4.69, 9.17) is 18.0 Å². The minimum Gasteiger partial charge on any atom is -0.382 e. The molecule has 1 aromatic heterocycles. The van der Waals surface area contributed by atoms with Crippen LogP contribution in [-0.4, -0.2) is 46.7 Å². The normalized spacial score (nSPS) is 11.3. The molecule has 2 rings (SSSR count). The van der Waals surface area contributed by atoms with Gasteiger partial charge < -0.3 is 11.1 Å². The molecule has 0 bridgehead atoms. The maximum absolute atomic E-state index is 12.4. The van der Waals surface area contributed by atoms with Gasteiger partial charge in [-0.2, -0.15) is 0 Å². The van der Waals surface area contributed by atoms with Gasteiger partial charge in [0.15, 0.2) is 21.3 Å². The minimum absolute atomic E-state index is 0.0425. The lowest BCUT2D eigenvalue weighted by Gasteiger charge is -2.10. The summed E-state index contributed by atoms with van der Waals surface area (Å²) in [7, 11) is -3.38. The lowest BCUT2D eigenvalue weighted by molar-refractivity contribution is -0.115. The second-order valence-corrected chi connectivity index (χ2v) is 9.79. The van der Waals surface area contributed by atoms with Gasteiger partial charge >= 0.3 is 0 Å². The number of carbonyl (C=O) groups is 2. The molecule has 0 radical (unpaired) electrons. The summed E-state index contributed by atoms with van der Waals surface area (Å²) in [5, 5.41) is 2.04. The van der Waals surface area contributed by atoms with Crippen LogP contribution in [0.5, 0.6) is 0 Å². The Morgan fingerprint density at radius 3 is 2.38 bits per heavy atom. The number of aromatic nitrogens is 2. The fourth-order valence-electron chi connectivity index (χ4n) is 2.39. The first-order valence-corrected chi connectivity index (χ1v) is 10.7. The lowest BCUT2D eigenvalue weighted by atomic mass is 10.1. The summed E-state index contributed by atoms with van der Waals surface area (Å²) in [6.07, 6.45) is 1.50. The zero-order chi connectivity index (χ0) is 21.8. The summed E-state index contributed by atoms with van der Waals surface area (Å²) in [4.78, 5) is 32.3. The number of carbonyl (C=O) groups excluding carboxylic acids is 2. The van der Waals surface area contributed by atoms with Crippen molar-refractivity contribution in [1.82, 2.24) is 15.3 Å². The van der Waals surface area contributed by atoms with E-state index in [9.17, 15) is 18.0 Å². The number of nitrogens with zero attached hydrogens (tertiary/aromatic N) is 2. The van der Waals surface area contributed by atoms with Gasteiger partial charge in [0.2, 0.25) is 0 Å². The highest BCUT2D eigenvalue weighted by molar-refractivity contribution is 7.92. The van der Waals surface area contributed by atoms with E-state index in [0.717, 1.165) is 0 Å². The molecule has 0 spiro atoms. The van der Waals surface area contributed by atoms with Crippen molar-refractivity contribution in [3.63, 3.8) is 0 Å². The SMILES string of the molecule is CC(=O)CC(=S)CNC(=O)c1nc(-c2ccc(S(=O)(=O)C(C)C)cc2)cnc1N. The third-order valence-corrected chi connectivity index (χ3v) is 6.47. The van der Waals surface area contributed by atoms with Gasteiger partial charge in [0, 0.05) is 23.4 Å². The number of Topliss-reactive ketones (excluding diaryl/α,β-unsaturated/α-hetero) is 1. The lowest BCUT2D eigenvalue weighted by Crippen LogP contribution is -2.31. The molecule has 0 aliphatic rings. The van der Waals surface area contributed by atoms with Gasteiger partial charge in [-0.3, -0.25) is 9.59 Å². The smallest absolute Gasteiger partial charge is 0.274 e. The number of rotatable bonds is 8. The van der Waals surface area contributed by atoms with Crippen molar-refractivity contribution in [2.45, 2.75) is 37.3 Å². The zero-order valence-corrected chi connectivity index (χ0v) is 17.9. The van der Waals surface area contributed by atoms with Crippen molar-refractivity contribution < 1.29 is 18.0 Å². The van der Waals surface area contributed by atoms with Gasteiger partial charge in [-0.15, -0.1) is 0 Å². The molecule has 29 heavy (non-hydrogen) atoms. The monoisotopic (exact) mass is 434 g/mol. The number of ketones is 1. The number of nitrogens with two attached hydrogens (primary N) is 1. The van der Waals surface area contributed by atoms with Crippen molar-refractivity contribution in [1.29, 1.82) is 0 Å². The third-order valence-electron chi connectivity index (χ3n) is 4.01. The third kappa shape index (κ3) is 5.64. The van der Waals surface area contributed by atoms with Crippen LogP contribution in [0, 0.1) is 0 Å². The Morgan fingerprint density at radius 2 is 1.83 bits per heavy atom. The van der Waals surface area contributed by atoms with E-state index >= 15 is 0 Å². The molecule has 1 aromatic carbocycles. The highest BCUT2D eigenvalue weighted by Gasteiger charge is 2.19. The maximum Gasteiger partial charge on any atom is 0.274 e.